The Hall–Kier alpha value is -3.19. The first-order valence-corrected chi connectivity index (χ1v) is 10.5. The lowest BCUT2D eigenvalue weighted by molar-refractivity contribution is 0.0706. The SMILES string of the molecule is O=C(NO)c1ccc(C=C(CNC2CCNC2)COc2cccc3ccccc23)cc1. The summed E-state index contributed by atoms with van der Waals surface area (Å²) in [4.78, 5) is 11.6. The van der Waals surface area contributed by atoms with Crippen LogP contribution in [-0.2, 0) is 0 Å². The molecule has 0 spiro atoms. The third kappa shape index (κ3) is 5.49. The molecule has 4 rings (SSSR count). The first kappa shape index (κ1) is 21.1. The van der Waals surface area contributed by atoms with E-state index in [1.54, 1.807) is 17.6 Å². The highest BCUT2D eigenvalue weighted by atomic mass is 16.5. The summed E-state index contributed by atoms with van der Waals surface area (Å²) >= 11 is 0. The van der Waals surface area contributed by atoms with Gasteiger partial charge in [0.1, 0.15) is 12.4 Å². The summed E-state index contributed by atoms with van der Waals surface area (Å²) in [6.45, 7) is 3.19. The summed E-state index contributed by atoms with van der Waals surface area (Å²) in [6, 6.07) is 21.8. The van der Waals surface area contributed by atoms with E-state index in [-0.39, 0.29) is 0 Å². The Morgan fingerprint density at radius 2 is 1.90 bits per heavy atom. The van der Waals surface area contributed by atoms with Crippen LogP contribution in [0, 0.1) is 0 Å². The second-order valence-electron chi connectivity index (χ2n) is 7.70. The van der Waals surface area contributed by atoms with Crippen LogP contribution < -0.4 is 20.9 Å². The van der Waals surface area contributed by atoms with E-state index in [0.29, 0.717) is 18.2 Å². The zero-order valence-corrected chi connectivity index (χ0v) is 17.3. The molecule has 3 aromatic carbocycles. The molecule has 1 amide bonds. The molecule has 1 unspecified atom stereocenters. The van der Waals surface area contributed by atoms with Gasteiger partial charge in [-0.05, 0) is 47.7 Å². The zero-order valence-electron chi connectivity index (χ0n) is 17.3. The van der Waals surface area contributed by atoms with E-state index in [0.717, 1.165) is 53.7 Å². The van der Waals surface area contributed by atoms with Crippen molar-refractivity contribution in [2.24, 2.45) is 0 Å². The molecule has 4 N–H and O–H groups in total. The van der Waals surface area contributed by atoms with Crippen LogP contribution in [0.1, 0.15) is 22.3 Å². The summed E-state index contributed by atoms with van der Waals surface area (Å²) in [7, 11) is 0. The van der Waals surface area contributed by atoms with Gasteiger partial charge in [-0.1, -0.05) is 54.6 Å². The quantitative estimate of drug-likeness (QED) is 0.334. The number of nitrogens with one attached hydrogen (secondary N) is 3. The fourth-order valence-electron chi connectivity index (χ4n) is 3.77. The third-order valence-corrected chi connectivity index (χ3v) is 5.49. The molecule has 1 saturated heterocycles. The van der Waals surface area contributed by atoms with Gasteiger partial charge in [0.2, 0.25) is 0 Å². The molecule has 0 radical (unpaired) electrons. The summed E-state index contributed by atoms with van der Waals surface area (Å²) < 4.78 is 6.23. The minimum atomic E-state index is -0.523. The van der Waals surface area contributed by atoms with E-state index < -0.39 is 5.91 Å². The Morgan fingerprint density at radius 3 is 2.68 bits per heavy atom. The van der Waals surface area contributed by atoms with Crippen molar-refractivity contribution in [3.05, 3.63) is 83.4 Å². The predicted molar refractivity (Wildman–Crippen MR) is 122 cm³/mol. The van der Waals surface area contributed by atoms with E-state index in [1.165, 1.54) is 0 Å². The standard InChI is InChI=1S/C25H27N3O3/c29-25(28-30)21-10-8-18(9-11-21)14-19(15-27-22-12-13-26-16-22)17-31-24-7-3-5-20-4-1-2-6-23(20)24/h1-11,14,22,26-27,30H,12-13,15-17H2,(H,28,29). The number of hydroxylamine groups is 1. The van der Waals surface area contributed by atoms with Gasteiger partial charge < -0.3 is 15.4 Å². The van der Waals surface area contributed by atoms with Crippen molar-refractivity contribution < 1.29 is 14.7 Å². The molecule has 1 atom stereocenters. The Kier molecular flexibility index (Phi) is 6.94. The summed E-state index contributed by atoms with van der Waals surface area (Å²) in [5.41, 5.74) is 4.14. The number of hydrogen-bond acceptors (Lipinski definition) is 5. The van der Waals surface area contributed by atoms with Crippen LogP contribution in [0.4, 0.5) is 0 Å². The van der Waals surface area contributed by atoms with E-state index in [9.17, 15) is 4.79 Å². The molecule has 1 fully saturated rings. The summed E-state index contributed by atoms with van der Waals surface area (Å²) in [5.74, 6) is 0.340. The monoisotopic (exact) mass is 417 g/mol. The Labute approximate surface area is 181 Å². The van der Waals surface area contributed by atoms with Crippen molar-refractivity contribution in [1.29, 1.82) is 0 Å². The molecular formula is C25H27N3O3. The maximum absolute atomic E-state index is 11.6. The lowest BCUT2D eigenvalue weighted by Gasteiger charge is -2.16. The minimum absolute atomic E-state index is 0.406. The molecule has 0 aromatic heterocycles. The molecule has 1 aliphatic heterocycles. The number of rotatable bonds is 8. The molecule has 160 valence electrons. The maximum atomic E-state index is 11.6. The lowest BCUT2D eigenvalue weighted by atomic mass is 10.1. The van der Waals surface area contributed by atoms with Crippen molar-refractivity contribution in [3.8, 4) is 5.75 Å². The van der Waals surface area contributed by atoms with Crippen LogP contribution in [0.5, 0.6) is 5.75 Å². The minimum Gasteiger partial charge on any atom is -0.489 e. The second kappa shape index (κ2) is 10.2. The number of amides is 1. The number of carbonyl (C=O) groups excluding carboxylic acids is 1. The van der Waals surface area contributed by atoms with Crippen LogP contribution >= 0.6 is 0 Å². The van der Waals surface area contributed by atoms with Gasteiger partial charge in [-0.25, -0.2) is 5.48 Å². The Bertz CT molecular complexity index is 1050. The van der Waals surface area contributed by atoms with Crippen LogP contribution in [0.25, 0.3) is 16.8 Å². The van der Waals surface area contributed by atoms with Crippen molar-refractivity contribution in [2.75, 3.05) is 26.2 Å². The lowest BCUT2D eigenvalue weighted by Crippen LogP contribution is -2.33. The van der Waals surface area contributed by atoms with Gasteiger partial charge in [0.15, 0.2) is 0 Å². The number of carbonyl (C=O) groups is 1. The van der Waals surface area contributed by atoms with Gasteiger partial charge in [0, 0.05) is 30.1 Å². The zero-order chi connectivity index (χ0) is 21.5. The van der Waals surface area contributed by atoms with Gasteiger partial charge in [-0.2, -0.15) is 0 Å². The molecule has 31 heavy (non-hydrogen) atoms. The van der Waals surface area contributed by atoms with Crippen LogP contribution in [0.15, 0.2) is 72.3 Å². The van der Waals surface area contributed by atoms with Gasteiger partial charge in [0.25, 0.3) is 5.91 Å². The highest BCUT2D eigenvalue weighted by Crippen LogP contribution is 2.25. The molecule has 3 aromatic rings. The van der Waals surface area contributed by atoms with Gasteiger partial charge in [-0.3, -0.25) is 10.0 Å². The topological polar surface area (TPSA) is 82.6 Å². The number of ether oxygens (including phenoxy) is 1. The van der Waals surface area contributed by atoms with Crippen molar-refractivity contribution in [1.82, 2.24) is 16.1 Å². The summed E-state index contributed by atoms with van der Waals surface area (Å²) in [5, 5.41) is 18.0. The van der Waals surface area contributed by atoms with Crippen molar-refractivity contribution >= 4 is 22.8 Å². The Balaban J connectivity index is 1.51. The average molecular weight is 418 g/mol. The van der Waals surface area contributed by atoms with E-state index in [4.69, 9.17) is 9.94 Å². The average Bonchev–Trinajstić information content (AvgIpc) is 3.34. The first-order chi connectivity index (χ1) is 15.2. The highest BCUT2D eigenvalue weighted by Gasteiger charge is 2.14. The molecule has 0 bridgehead atoms. The molecular weight excluding hydrogens is 390 g/mol. The van der Waals surface area contributed by atoms with Gasteiger partial charge in [0.05, 0.1) is 0 Å². The van der Waals surface area contributed by atoms with E-state index in [2.05, 4.69) is 34.9 Å². The van der Waals surface area contributed by atoms with E-state index >= 15 is 0 Å². The number of benzene rings is 3. The molecule has 1 heterocycles. The molecule has 1 aliphatic rings. The third-order valence-electron chi connectivity index (χ3n) is 5.49. The number of hydrogen-bond donors (Lipinski definition) is 4. The van der Waals surface area contributed by atoms with Gasteiger partial charge in [-0.15, -0.1) is 0 Å². The van der Waals surface area contributed by atoms with E-state index in [1.807, 2.05) is 36.4 Å². The maximum Gasteiger partial charge on any atom is 0.274 e. The number of fused-ring (bicyclic) bond motifs is 1. The molecule has 0 saturated carbocycles. The molecule has 0 aliphatic carbocycles. The van der Waals surface area contributed by atoms with Crippen molar-refractivity contribution in [3.63, 3.8) is 0 Å². The first-order valence-electron chi connectivity index (χ1n) is 10.5. The van der Waals surface area contributed by atoms with Crippen LogP contribution in [0.3, 0.4) is 0 Å². The Morgan fingerprint density at radius 1 is 1.10 bits per heavy atom. The van der Waals surface area contributed by atoms with Crippen molar-refractivity contribution in [2.45, 2.75) is 12.5 Å². The van der Waals surface area contributed by atoms with Gasteiger partial charge >= 0.3 is 0 Å². The molecule has 6 nitrogen and oxygen atoms in total. The highest BCUT2D eigenvalue weighted by molar-refractivity contribution is 5.93. The fraction of sp³-hybridized carbons (Fsp3) is 0.240. The fourth-order valence-corrected chi connectivity index (χ4v) is 3.77. The second-order valence-corrected chi connectivity index (χ2v) is 7.70. The smallest absolute Gasteiger partial charge is 0.274 e. The van der Waals surface area contributed by atoms with Crippen LogP contribution in [0.2, 0.25) is 0 Å². The normalized spacial score (nSPS) is 16.4. The van der Waals surface area contributed by atoms with Crippen LogP contribution in [-0.4, -0.2) is 43.4 Å². The molecule has 6 heteroatoms. The predicted octanol–water partition coefficient (Wildman–Crippen LogP) is 3.37. The largest absolute Gasteiger partial charge is 0.489 e. The summed E-state index contributed by atoms with van der Waals surface area (Å²) in [6.07, 6.45) is 3.20.